The molecular weight excluding hydrogens is 90.1 g/mol. The fourth-order valence-electron chi connectivity index (χ4n) is 0.158. The van der Waals surface area contributed by atoms with Crippen molar-refractivity contribution >= 4 is 5.91 Å². The first-order valence-corrected chi connectivity index (χ1v) is 1.93. The third kappa shape index (κ3) is 1.98. The van der Waals surface area contributed by atoms with Crippen LogP contribution in [-0.2, 0) is 4.79 Å². The van der Waals surface area contributed by atoms with Crippen molar-refractivity contribution in [3.8, 4) is 0 Å². The van der Waals surface area contributed by atoms with Crippen LogP contribution in [0.15, 0.2) is 12.6 Å². The molecule has 0 N–H and O–H groups in total. The molecule has 0 spiro atoms. The lowest BCUT2D eigenvalue weighted by Gasteiger charge is -2.03. The molecule has 0 radical (unpaired) electrons. The standard InChI is InChI=1S/C5H9NO/c1-4-5(7)6(2)3/h4H,1H2,2-3H3/i4T. The smallest absolute Gasteiger partial charge is 0.245 e. The fraction of sp³-hybridized carbons (Fsp3) is 0.400. The molecule has 0 unspecified atom stereocenters. The predicted molar refractivity (Wildman–Crippen MR) is 28.9 cm³/mol. The molecule has 0 aromatic heterocycles. The minimum atomic E-state index is -0.343. The Morgan fingerprint density at radius 3 is 2.43 bits per heavy atom. The van der Waals surface area contributed by atoms with E-state index in [0.717, 1.165) is 0 Å². The van der Waals surface area contributed by atoms with E-state index in [0.29, 0.717) is 0 Å². The van der Waals surface area contributed by atoms with Gasteiger partial charge in [0.15, 0.2) is 0 Å². The van der Waals surface area contributed by atoms with Crippen molar-refractivity contribution < 1.29 is 6.17 Å². The molecule has 1 amide bonds. The zero-order valence-corrected chi connectivity index (χ0v) is 4.56. The highest BCUT2D eigenvalue weighted by molar-refractivity contribution is 5.86. The summed E-state index contributed by atoms with van der Waals surface area (Å²) in [6.45, 7) is 3.15. The first kappa shape index (κ1) is 4.37. The fourth-order valence-corrected chi connectivity index (χ4v) is 0.158. The molecule has 0 saturated heterocycles. The second-order valence-electron chi connectivity index (χ2n) is 1.38. The first-order chi connectivity index (χ1) is 3.55. The zero-order chi connectivity index (χ0) is 6.73. The quantitative estimate of drug-likeness (QED) is 0.434. The number of carbonyl (C=O) groups excluding carboxylic acids is 1. The first-order valence-electron chi connectivity index (χ1n) is 2.43. The van der Waals surface area contributed by atoms with Crippen LogP contribution in [-0.4, -0.2) is 24.9 Å². The normalized spacial score (nSPS) is 9.71. The largest absolute Gasteiger partial charge is 0.345 e. The van der Waals surface area contributed by atoms with Gasteiger partial charge in [-0.3, -0.25) is 4.79 Å². The minimum absolute atomic E-state index is 0.171. The summed E-state index contributed by atoms with van der Waals surface area (Å²) in [4.78, 5) is 11.8. The van der Waals surface area contributed by atoms with Crippen LogP contribution in [0.1, 0.15) is 1.37 Å². The van der Waals surface area contributed by atoms with E-state index in [9.17, 15) is 4.79 Å². The van der Waals surface area contributed by atoms with Gasteiger partial charge in [-0.15, -0.1) is 0 Å². The summed E-state index contributed by atoms with van der Waals surface area (Å²) in [5.41, 5.74) is 0. The van der Waals surface area contributed by atoms with Crippen LogP contribution >= 0.6 is 0 Å². The molecule has 2 nitrogen and oxygen atoms in total. The summed E-state index contributed by atoms with van der Waals surface area (Å²) >= 11 is 0. The van der Waals surface area contributed by atoms with Crippen LogP contribution in [0, 0.1) is 0 Å². The van der Waals surface area contributed by atoms with Crippen LogP contribution in [0.3, 0.4) is 0 Å². The molecule has 0 aliphatic carbocycles. The van der Waals surface area contributed by atoms with Crippen molar-refractivity contribution in [3.05, 3.63) is 12.6 Å². The number of amides is 1. The van der Waals surface area contributed by atoms with Crippen LogP contribution in [0.5, 0.6) is 0 Å². The molecular formula is C5H9NO. The number of hydrogen-bond donors (Lipinski definition) is 0. The van der Waals surface area contributed by atoms with Crippen molar-refractivity contribution in [2.24, 2.45) is 0 Å². The van der Waals surface area contributed by atoms with Crippen LogP contribution < -0.4 is 0 Å². The van der Waals surface area contributed by atoms with Gasteiger partial charge in [0.25, 0.3) is 0 Å². The predicted octanol–water partition coefficient (Wildman–Crippen LogP) is 0.261. The summed E-state index contributed by atoms with van der Waals surface area (Å²) < 4.78 is 6.73. The van der Waals surface area contributed by atoms with Gasteiger partial charge < -0.3 is 4.90 Å². The van der Waals surface area contributed by atoms with E-state index in [2.05, 4.69) is 6.58 Å². The van der Waals surface area contributed by atoms with Crippen LogP contribution in [0.25, 0.3) is 0 Å². The lowest BCUT2D eigenvalue weighted by molar-refractivity contribution is -0.123. The van der Waals surface area contributed by atoms with Gasteiger partial charge in [0.2, 0.25) is 5.91 Å². The number of likely N-dealkylation sites (N-methyl/N-ethyl adjacent to an activating group) is 1. The van der Waals surface area contributed by atoms with E-state index >= 15 is 0 Å². The maximum Gasteiger partial charge on any atom is 0.245 e. The molecule has 0 bridgehead atoms. The molecule has 0 heterocycles. The lowest BCUT2D eigenvalue weighted by atomic mass is 10.5. The van der Waals surface area contributed by atoms with Gasteiger partial charge in [0.05, 0.1) is 1.37 Å². The minimum Gasteiger partial charge on any atom is -0.345 e. The summed E-state index contributed by atoms with van der Waals surface area (Å²) in [5, 5.41) is 0. The third-order valence-corrected chi connectivity index (χ3v) is 0.557. The van der Waals surface area contributed by atoms with Crippen LogP contribution in [0.4, 0.5) is 0 Å². The van der Waals surface area contributed by atoms with Gasteiger partial charge in [-0.1, -0.05) is 6.58 Å². The van der Waals surface area contributed by atoms with Crippen molar-refractivity contribution in [1.82, 2.24) is 4.90 Å². The Kier molecular flexibility index (Phi) is 1.50. The molecule has 0 saturated carbocycles. The van der Waals surface area contributed by atoms with Gasteiger partial charge in [-0.2, -0.15) is 0 Å². The van der Waals surface area contributed by atoms with E-state index in [-0.39, 0.29) is 12.0 Å². The van der Waals surface area contributed by atoms with E-state index in [4.69, 9.17) is 1.37 Å². The van der Waals surface area contributed by atoms with E-state index in [1.54, 1.807) is 14.1 Å². The van der Waals surface area contributed by atoms with Gasteiger partial charge in [-0.05, 0) is 6.05 Å². The Hall–Kier alpha value is -0.790. The SMILES string of the molecule is [3H]C(=C)C(=O)N(C)C. The maximum absolute atomic E-state index is 10.5. The van der Waals surface area contributed by atoms with E-state index in [1.807, 2.05) is 0 Å². The van der Waals surface area contributed by atoms with Crippen molar-refractivity contribution in [2.45, 2.75) is 0 Å². The topological polar surface area (TPSA) is 20.3 Å². The number of rotatable bonds is 1. The molecule has 0 rings (SSSR count). The molecule has 40 valence electrons. The Bertz CT molecular complexity index is 120. The molecule has 7 heavy (non-hydrogen) atoms. The van der Waals surface area contributed by atoms with Gasteiger partial charge in [0, 0.05) is 14.1 Å². The summed E-state index contributed by atoms with van der Waals surface area (Å²) in [5.74, 6) is -0.343. The molecule has 0 aromatic rings. The monoisotopic (exact) mass is 101 g/mol. The number of nitrogens with zero attached hydrogens (tertiary/aromatic N) is 1. The highest BCUT2D eigenvalue weighted by Gasteiger charge is 1.91. The molecule has 0 aromatic carbocycles. The van der Waals surface area contributed by atoms with Crippen molar-refractivity contribution in [2.75, 3.05) is 14.1 Å². The molecule has 0 aliphatic rings. The molecule has 2 heteroatoms. The lowest BCUT2D eigenvalue weighted by Crippen LogP contribution is -2.18. The van der Waals surface area contributed by atoms with E-state index < -0.39 is 0 Å². The van der Waals surface area contributed by atoms with Gasteiger partial charge in [0.1, 0.15) is 0 Å². The average molecular weight is 101 g/mol. The maximum atomic E-state index is 10.5. The zero-order valence-electron chi connectivity index (χ0n) is 5.56. The summed E-state index contributed by atoms with van der Waals surface area (Å²) in [6, 6.07) is -0.171. The second-order valence-corrected chi connectivity index (χ2v) is 1.38. The Morgan fingerprint density at radius 2 is 2.43 bits per heavy atom. The van der Waals surface area contributed by atoms with E-state index in [1.165, 1.54) is 4.90 Å². The Balaban J connectivity index is 3.84. The number of hydrogen-bond acceptors (Lipinski definition) is 1. The highest BCUT2D eigenvalue weighted by atomic mass is 16.2. The molecule has 0 aliphatic heterocycles. The average Bonchev–Trinajstić information content (AvgIpc) is 1.64. The number of carbonyl (C=O) groups is 1. The van der Waals surface area contributed by atoms with Gasteiger partial charge in [-0.25, -0.2) is 0 Å². The molecule has 0 atom stereocenters. The Labute approximate surface area is 44.8 Å². The summed E-state index contributed by atoms with van der Waals surface area (Å²) in [7, 11) is 3.17. The van der Waals surface area contributed by atoms with Crippen molar-refractivity contribution in [3.63, 3.8) is 0 Å². The summed E-state index contributed by atoms with van der Waals surface area (Å²) in [6.07, 6.45) is 0. The van der Waals surface area contributed by atoms with Gasteiger partial charge >= 0.3 is 0 Å². The molecule has 0 fully saturated rings. The highest BCUT2D eigenvalue weighted by Crippen LogP contribution is 1.74. The Morgan fingerprint density at radius 1 is 2.00 bits per heavy atom. The second kappa shape index (κ2) is 2.39. The third-order valence-electron chi connectivity index (χ3n) is 0.557. The van der Waals surface area contributed by atoms with Crippen molar-refractivity contribution in [1.29, 1.82) is 0 Å². The van der Waals surface area contributed by atoms with Crippen LogP contribution in [0.2, 0.25) is 0 Å².